The molecular formula is C17H16F3NO2. The molecule has 0 fully saturated rings. The van der Waals surface area contributed by atoms with Gasteiger partial charge < -0.3 is 10.1 Å². The summed E-state index contributed by atoms with van der Waals surface area (Å²) in [7, 11) is 0. The van der Waals surface area contributed by atoms with Crippen molar-refractivity contribution < 1.29 is 23.1 Å². The van der Waals surface area contributed by atoms with Crippen molar-refractivity contribution in [3.8, 4) is 11.1 Å². The summed E-state index contributed by atoms with van der Waals surface area (Å²) in [5.41, 5.74) is 1.88. The number of carbonyl (C=O) groups is 1. The van der Waals surface area contributed by atoms with Gasteiger partial charge in [-0.3, -0.25) is 4.79 Å². The van der Waals surface area contributed by atoms with Gasteiger partial charge in [0.15, 0.2) is 0 Å². The minimum Gasteiger partial charge on any atom is -0.481 e. The zero-order valence-electron chi connectivity index (χ0n) is 12.5. The van der Waals surface area contributed by atoms with Crippen LogP contribution in [-0.4, -0.2) is 16.1 Å². The Hall–Kier alpha value is -2.50. The van der Waals surface area contributed by atoms with E-state index in [9.17, 15) is 18.0 Å². The van der Waals surface area contributed by atoms with E-state index < -0.39 is 17.7 Å². The molecule has 0 atom stereocenters. The first-order valence-electron chi connectivity index (χ1n) is 6.94. The Labute approximate surface area is 131 Å². The monoisotopic (exact) mass is 323 g/mol. The zero-order valence-corrected chi connectivity index (χ0v) is 12.5. The SMILES string of the molecule is C=C(C)c1cc(-c2c[nH]c(CCC(=O)O)c2)cc(C(F)(F)F)c1. The minimum atomic E-state index is -4.44. The molecule has 2 N–H and O–H groups in total. The largest absolute Gasteiger partial charge is 0.481 e. The lowest BCUT2D eigenvalue weighted by Crippen LogP contribution is -2.05. The van der Waals surface area contributed by atoms with Crippen LogP contribution in [0.15, 0.2) is 37.0 Å². The Bertz CT molecular complexity index is 745. The Kier molecular flexibility index (Phi) is 4.63. The van der Waals surface area contributed by atoms with Crippen molar-refractivity contribution in [1.29, 1.82) is 0 Å². The Morgan fingerprint density at radius 3 is 2.48 bits per heavy atom. The number of hydrogen-bond donors (Lipinski definition) is 2. The van der Waals surface area contributed by atoms with Crippen LogP contribution >= 0.6 is 0 Å². The van der Waals surface area contributed by atoms with Gasteiger partial charge in [0.25, 0.3) is 0 Å². The summed E-state index contributed by atoms with van der Waals surface area (Å²) in [6.07, 6.45) is -2.61. The summed E-state index contributed by atoms with van der Waals surface area (Å²) in [6.45, 7) is 5.34. The lowest BCUT2D eigenvalue weighted by atomic mass is 9.98. The van der Waals surface area contributed by atoms with Crippen molar-refractivity contribution in [1.82, 2.24) is 4.98 Å². The average molecular weight is 323 g/mol. The zero-order chi connectivity index (χ0) is 17.2. The highest BCUT2D eigenvalue weighted by molar-refractivity contribution is 5.72. The molecular weight excluding hydrogens is 307 g/mol. The summed E-state index contributed by atoms with van der Waals surface area (Å²) in [5, 5.41) is 8.67. The molecule has 1 aromatic heterocycles. The number of benzene rings is 1. The Balaban J connectivity index is 2.40. The number of halogens is 3. The molecule has 0 saturated carbocycles. The molecule has 0 amide bonds. The number of aromatic nitrogens is 1. The topological polar surface area (TPSA) is 53.1 Å². The van der Waals surface area contributed by atoms with Crippen molar-refractivity contribution in [2.45, 2.75) is 25.9 Å². The minimum absolute atomic E-state index is 0.0421. The molecule has 2 aromatic rings. The van der Waals surface area contributed by atoms with Crippen LogP contribution in [0.3, 0.4) is 0 Å². The smallest absolute Gasteiger partial charge is 0.416 e. The normalized spacial score (nSPS) is 11.5. The molecule has 1 aromatic carbocycles. The molecule has 0 aliphatic heterocycles. The highest BCUT2D eigenvalue weighted by atomic mass is 19.4. The van der Waals surface area contributed by atoms with Gasteiger partial charge in [0.2, 0.25) is 0 Å². The lowest BCUT2D eigenvalue weighted by Gasteiger charge is -2.11. The maximum atomic E-state index is 13.0. The van der Waals surface area contributed by atoms with E-state index in [1.165, 1.54) is 0 Å². The summed E-state index contributed by atoms with van der Waals surface area (Å²) in [5.74, 6) is -0.926. The van der Waals surface area contributed by atoms with Crippen LogP contribution in [0.1, 0.15) is 30.2 Å². The number of alkyl halides is 3. The number of H-pyrrole nitrogens is 1. The molecule has 6 heteroatoms. The van der Waals surface area contributed by atoms with E-state index in [0.29, 0.717) is 34.4 Å². The highest BCUT2D eigenvalue weighted by Crippen LogP contribution is 2.35. The number of aromatic amines is 1. The van der Waals surface area contributed by atoms with Gasteiger partial charge in [0.05, 0.1) is 12.0 Å². The van der Waals surface area contributed by atoms with Crippen molar-refractivity contribution in [3.05, 3.63) is 53.9 Å². The number of hydrogen-bond acceptors (Lipinski definition) is 1. The molecule has 122 valence electrons. The number of aryl methyl sites for hydroxylation is 1. The molecule has 0 radical (unpaired) electrons. The van der Waals surface area contributed by atoms with E-state index in [0.717, 1.165) is 12.1 Å². The van der Waals surface area contributed by atoms with E-state index in [1.54, 1.807) is 25.3 Å². The third kappa shape index (κ3) is 4.25. The fourth-order valence-corrected chi connectivity index (χ4v) is 2.20. The molecule has 2 rings (SSSR count). The predicted molar refractivity (Wildman–Crippen MR) is 81.9 cm³/mol. The maximum Gasteiger partial charge on any atom is 0.416 e. The lowest BCUT2D eigenvalue weighted by molar-refractivity contribution is -0.138. The maximum absolute atomic E-state index is 13.0. The second-order valence-corrected chi connectivity index (χ2v) is 5.38. The van der Waals surface area contributed by atoms with Gasteiger partial charge in [-0.1, -0.05) is 12.2 Å². The molecule has 0 aliphatic rings. The van der Waals surface area contributed by atoms with Crippen molar-refractivity contribution in [2.75, 3.05) is 0 Å². The third-order valence-electron chi connectivity index (χ3n) is 3.44. The number of carboxylic acids is 1. The van der Waals surface area contributed by atoms with Gasteiger partial charge in [-0.25, -0.2) is 0 Å². The van der Waals surface area contributed by atoms with Crippen molar-refractivity contribution >= 4 is 11.5 Å². The van der Waals surface area contributed by atoms with E-state index in [4.69, 9.17) is 5.11 Å². The fraction of sp³-hybridized carbons (Fsp3) is 0.235. The van der Waals surface area contributed by atoms with Gasteiger partial charge >= 0.3 is 12.1 Å². The van der Waals surface area contributed by atoms with Crippen molar-refractivity contribution in [2.24, 2.45) is 0 Å². The van der Waals surface area contributed by atoms with Gasteiger partial charge in [-0.05, 0) is 54.3 Å². The van der Waals surface area contributed by atoms with Gasteiger partial charge in [-0.2, -0.15) is 13.2 Å². The predicted octanol–water partition coefficient (Wildman–Crippen LogP) is 4.75. The van der Waals surface area contributed by atoms with E-state index in [-0.39, 0.29) is 6.42 Å². The summed E-state index contributed by atoms with van der Waals surface area (Å²) in [4.78, 5) is 13.5. The first kappa shape index (κ1) is 16.9. The van der Waals surface area contributed by atoms with Gasteiger partial charge in [0, 0.05) is 11.9 Å². The third-order valence-corrected chi connectivity index (χ3v) is 3.44. The first-order chi connectivity index (χ1) is 10.7. The second-order valence-electron chi connectivity index (χ2n) is 5.38. The standard InChI is InChI=1S/C17H16F3NO2/c1-10(2)11-5-12(7-14(6-11)17(18,19)20)13-8-15(21-9-13)3-4-16(22)23/h5-9,21H,1,3-4H2,2H3,(H,22,23). The average Bonchev–Trinajstić information content (AvgIpc) is 2.92. The number of nitrogens with one attached hydrogen (secondary N) is 1. The quantitative estimate of drug-likeness (QED) is 0.834. The van der Waals surface area contributed by atoms with Crippen LogP contribution in [0.4, 0.5) is 13.2 Å². The van der Waals surface area contributed by atoms with E-state index in [2.05, 4.69) is 11.6 Å². The number of aliphatic carboxylic acids is 1. The Morgan fingerprint density at radius 2 is 1.91 bits per heavy atom. The van der Waals surface area contributed by atoms with Crippen LogP contribution in [0, 0.1) is 0 Å². The molecule has 3 nitrogen and oxygen atoms in total. The molecule has 0 aliphatic carbocycles. The Morgan fingerprint density at radius 1 is 1.22 bits per heavy atom. The van der Waals surface area contributed by atoms with Gasteiger partial charge in [-0.15, -0.1) is 0 Å². The number of carboxylic acid groups (broad SMARTS) is 1. The number of allylic oxidation sites excluding steroid dienone is 1. The van der Waals surface area contributed by atoms with Crippen LogP contribution in [-0.2, 0) is 17.4 Å². The molecule has 0 saturated heterocycles. The van der Waals surface area contributed by atoms with E-state index in [1.807, 2.05) is 0 Å². The molecule has 1 heterocycles. The van der Waals surface area contributed by atoms with Crippen LogP contribution in [0.5, 0.6) is 0 Å². The molecule has 23 heavy (non-hydrogen) atoms. The first-order valence-corrected chi connectivity index (χ1v) is 6.94. The fourth-order valence-electron chi connectivity index (χ4n) is 2.20. The van der Waals surface area contributed by atoms with Crippen LogP contribution in [0.2, 0.25) is 0 Å². The summed E-state index contributed by atoms with van der Waals surface area (Å²) < 4.78 is 39.1. The van der Waals surface area contributed by atoms with Crippen LogP contribution in [0.25, 0.3) is 16.7 Å². The summed E-state index contributed by atoms with van der Waals surface area (Å²) >= 11 is 0. The molecule has 0 bridgehead atoms. The van der Waals surface area contributed by atoms with Gasteiger partial charge in [0.1, 0.15) is 0 Å². The molecule has 0 unspecified atom stereocenters. The summed E-state index contributed by atoms with van der Waals surface area (Å²) in [6, 6.07) is 5.46. The second kappa shape index (κ2) is 6.32. The number of rotatable bonds is 5. The highest BCUT2D eigenvalue weighted by Gasteiger charge is 2.31. The van der Waals surface area contributed by atoms with E-state index >= 15 is 0 Å². The molecule has 0 spiro atoms. The van der Waals surface area contributed by atoms with Crippen LogP contribution < -0.4 is 0 Å². The van der Waals surface area contributed by atoms with Crippen molar-refractivity contribution in [3.63, 3.8) is 0 Å².